The van der Waals surface area contributed by atoms with Crippen LogP contribution in [0.25, 0.3) is 10.9 Å². The normalized spacial score (nSPS) is 11.4. The van der Waals surface area contributed by atoms with Gasteiger partial charge in [-0.2, -0.15) is 9.78 Å². The molecule has 0 aliphatic heterocycles. The first-order chi connectivity index (χ1) is 16.2. The van der Waals surface area contributed by atoms with Crippen molar-refractivity contribution in [1.29, 1.82) is 0 Å². The number of rotatable bonds is 9. The molecule has 0 aliphatic carbocycles. The van der Waals surface area contributed by atoms with Gasteiger partial charge in [0, 0.05) is 10.4 Å². The Morgan fingerprint density at radius 3 is 2.65 bits per heavy atom. The highest BCUT2D eigenvalue weighted by Gasteiger charge is 2.16. The minimum Gasteiger partial charge on any atom is -0.490 e. The first-order valence-corrected chi connectivity index (χ1v) is 12.6. The number of carbonyl (C=O) groups is 1. The zero-order chi connectivity index (χ0) is 24.8. The molecule has 0 aliphatic rings. The van der Waals surface area contributed by atoms with Crippen LogP contribution < -0.4 is 15.0 Å². The maximum atomic E-state index is 13.2. The maximum absolute atomic E-state index is 13.2. The van der Waals surface area contributed by atoms with Gasteiger partial charge in [0.25, 0.3) is 5.56 Å². The molecule has 2 aromatic carbocycles. The number of esters is 1. The predicted octanol–water partition coefficient (Wildman–Crippen LogP) is 5.11. The molecule has 0 saturated carbocycles. The van der Waals surface area contributed by atoms with Gasteiger partial charge in [-0.3, -0.25) is 4.79 Å². The van der Waals surface area contributed by atoms with E-state index >= 15 is 0 Å². The Balaban J connectivity index is 2.02. The number of ether oxygens (including phenoxy) is 3. The monoisotopic (exact) mass is 641 g/mol. The molecular formula is C24H25BrIN3O5. The van der Waals surface area contributed by atoms with Gasteiger partial charge in [-0.1, -0.05) is 29.8 Å². The van der Waals surface area contributed by atoms with Crippen molar-refractivity contribution in [2.24, 2.45) is 5.10 Å². The number of nitrogens with zero attached hydrogens (tertiary/aromatic N) is 3. The summed E-state index contributed by atoms with van der Waals surface area (Å²) in [4.78, 5) is 29.6. The molecule has 1 aromatic heterocycles. The zero-order valence-corrected chi connectivity index (χ0v) is 23.0. The van der Waals surface area contributed by atoms with E-state index in [4.69, 9.17) is 14.2 Å². The summed E-state index contributed by atoms with van der Waals surface area (Å²) in [7, 11) is 0. The third kappa shape index (κ3) is 6.15. The molecule has 10 heteroatoms. The molecule has 0 fully saturated rings. The second kappa shape index (κ2) is 11.8. The van der Waals surface area contributed by atoms with Crippen LogP contribution in [-0.2, 0) is 9.53 Å². The third-order valence-corrected chi connectivity index (χ3v) is 5.94. The van der Waals surface area contributed by atoms with Gasteiger partial charge in [0.2, 0.25) is 0 Å². The number of hydrogen-bond acceptors (Lipinski definition) is 7. The van der Waals surface area contributed by atoms with E-state index in [2.05, 4.69) is 48.6 Å². The third-order valence-electron chi connectivity index (χ3n) is 4.64. The van der Waals surface area contributed by atoms with E-state index < -0.39 is 5.97 Å². The van der Waals surface area contributed by atoms with E-state index in [0.717, 1.165) is 8.04 Å². The largest absolute Gasteiger partial charge is 0.490 e. The summed E-state index contributed by atoms with van der Waals surface area (Å²) in [6.45, 7) is 7.99. The summed E-state index contributed by atoms with van der Waals surface area (Å²) in [6.07, 6.45) is 1.58. The van der Waals surface area contributed by atoms with E-state index in [1.165, 1.54) is 4.68 Å². The standard InChI is InChI=1S/C24H25BrIN3O5/c1-5-32-20-10-15(9-18(26)22(20)34-13-21(30)33-6-2)12-27-29-23(14(3)4)28-19-8-7-16(25)11-17(19)24(29)31/h7-12,14H,5-6,13H2,1-4H3. The smallest absolute Gasteiger partial charge is 0.344 e. The van der Waals surface area contributed by atoms with Gasteiger partial charge in [0.1, 0.15) is 5.82 Å². The maximum Gasteiger partial charge on any atom is 0.344 e. The van der Waals surface area contributed by atoms with Crippen LogP contribution in [0, 0.1) is 3.57 Å². The second-order valence-electron chi connectivity index (χ2n) is 7.50. The molecule has 0 saturated heterocycles. The average molecular weight is 642 g/mol. The van der Waals surface area contributed by atoms with Crippen molar-refractivity contribution in [3.8, 4) is 11.5 Å². The van der Waals surface area contributed by atoms with Crippen molar-refractivity contribution in [3.63, 3.8) is 0 Å². The van der Waals surface area contributed by atoms with E-state index in [0.29, 0.717) is 40.4 Å². The van der Waals surface area contributed by atoms with Crippen molar-refractivity contribution in [3.05, 3.63) is 60.1 Å². The molecule has 0 unspecified atom stereocenters. The lowest BCUT2D eigenvalue weighted by molar-refractivity contribution is -0.145. The van der Waals surface area contributed by atoms with Gasteiger partial charge in [-0.25, -0.2) is 9.78 Å². The van der Waals surface area contributed by atoms with Gasteiger partial charge in [-0.05, 0) is 72.3 Å². The molecule has 8 nitrogen and oxygen atoms in total. The van der Waals surface area contributed by atoms with E-state index in [1.807, 2.05) is 39.0 Å². The van der Waals surface area contributed by atoms with Gasteiger partial charge in [0.05, 0.1) is 33.9 Å². The summed E-state index contributed by atoms with van der Waals surface area (Å²) >= 11 is 5.52. The van der Waals surface area contributed by atoms with Crippen LogP contribution in [0.5, 0.6) is 11.5 Å². The van der Waals surface area contributed by atoms with Crippen LogP contribution in [0.2, 0.25) is 0 Å². The Morgan fingerprint density at radius 2 is 1.97 bits per heavy atom. The lowest BCUT2D eigenvalue weighted by Crippen LogP contribution is -2.23. The van der Waals surface area contributed by atoms with Crippen LogP contribution >= 0.6 is 38.5 Å². The second-order valence-corrected chi connectivity index (χ2v) is 9.58. The Labute approximate surface area is 219 Å². The van der Waals surface area contributed by atoms with Crippen LogP contribution in [0.4, 0.5) is 0 Å². The van der Waals surface area contributed by atoms with Crippen LogP contribution in [0.15, 0.2) is 44.7 Å². The highest BCUT2D eigenvalue weighted by atomic mass is 127. The van der Waals surface area contributed by atoms with Crippen molar-refractivity contribution < 1.29 is 19.0 Å². The fourth-order valence-corrected chi connectivity index (χ4v) is 4.32. The molecular weight excluding hydrogens is 617 g/mol. The highest BCUT2D eigenvalue weighted by Crippen LogP contribution is 2.34. The molecule has 0 radical (unpaired) electrons. The lowest BCUT2D eigenvalue weighted by atomic mass is 10.2. The number of hydrogen-bond donors (Lipinski definition) is 0. The van der Waals surface area contributed by atoms with Crippen LogP contribution in [0.1, 0.15) is 45.0 Å². The molecule has 0 amide bonds. The summed E-state index contributed by atoms with van der Waals surface area (Å²) < 4.78 is 19.2. The van der Waals surface area contributed by atoms with E-state index in [-0.39, 0.29) is 24.7 Å². The predicted molar refractivity (Wildman–Crippen MR) is 143 cm³/mol. The Morgan fingerprint density at radius 1 is 1.21 bits per heavy atom. The van der Waals surface area contributed by atoms with Gasteiger partial charge in [-0.15, -0.1) is 0 Å². The fourth-order valence-electron chi connectivity index (χ4n) is 3.17. The average Bonchev–Trinajstić information content (AvgIpc) is 2.78. The van der Waals surface area contributed by atoms with Gasteiger partial charge >= 0.3 is 5.97 Å². The van der Waals surface area contributed by atoms with Gasteiger partial charge < -0.3 is 14.2 Å². The zero-order valence-electron chi connectivity index (χ0n) is 19.3. The first-order valence-electron chi connectivity index (χ1n) is 10.8. The molecule has 3 rings (SSSR count). The van der Waals surface area contributed by atoms with Crippen molar-refractivity contribution in [2.75, 3.05) is 19.8 Å². The summed E-state index contributed by atoms with van der Waals surface area (Å²) in [5, 5.41) is 4.95. The lowest BCUT2D eigenvalue weighted by Gasteiger charge is -2.14. The number of carbonyl (C=O) groups excluding carboxylic acids is 1. The Bertz CT molecular complexity index is 1290. The fraction of sp³-hybridized carbons (Fsp3) is 0.333. The topological polar surface area (TPSA) is 92.0 Å². The molecule has 34 heavy (non-hydrogen) atoms. The minimum absolute atomic E-state index is 0.0179. The summed E-state index contributed by atoms with van der Waals surface area (Å²) in [5.41, 5.74) is 1.08. The Hall–Kier alpha value is -2.47. The first kappa shape index (κ1) is 26.1. The molecule has 1 heterocycles. The Kier molecular flexibility index (Phi) is 9.06. The number of aromatic nitrogens is 2. The van der Waals surface area contributed by atoms with Crippen LogP contribution in [-0.4, -0.2) is 41.7 Å². The molecule has 0 N–H and O–H groups in total. The number of halogens is 2. The molecule has 3 aromatic rings. The number of fused-ring (bicyclic) bond motifs is 1. The highest BCUT2D eigenvalue weighted by molar-refractivity contribution is 14.1. The number of benzene rings is 2. The van der Waals surface area contributed by atoms with Crippen molar-refractivity contribution in [2.45, 2.75) is 33.6 Å². The van der Waals surface area contributed by atoms with E-state index in [9.17, 15) is 9.59 Å². The van der Waals surface area contributed by atoms with Crippen LogP contribution in [0.3, 0.4) is 0 Å². The molecule has 0 bridgehead atoms. The minimum atomic E-state index is -0.456. The summed E-state index contributed by atoms with van der Waals surface area (Å²) in [6, 6.07) is 8.99. The SMILES string of the molecule is CCOC(=O)COc1c(I)cc(C=Nn2c(C(C)C)nc3ccc(Br)cc3c2=O)cc1OCC. The van der Waals surface area contributed by atoms with E-state index in [1.54, 1.807) is 25.3 Å². The van der Waals surface area contributed by atoms with Crippen molar-refractivity contribution in [1.82, 2.24) is 9.66 Å². The molecule has 0 spiro atoms. The molecule has 180 valence electrons. The molecule has 0 atom stereocenters. The summed E-state index contributed by atoms with van der Waals surface area (Å²) in [5.74, 6) is 1.00. The van der Waals surface area contributed by atoms with Crippen molar-refractivity contribution >= 4 is 61.6 Å². The van der Waals surface area contributed by atoms with Gasteiger partial charge in [0.15, 0.2) is 18.1 Å². The quantitative estimate of drug-likeness (QED) is 0.183.